The fourth-order valence-electron chi connectivity index (χ4n) is 5.90. The number of carbonyl (C=O) groups excluding carboxylic acids is 1. The molecule has 2 aliphatic rings. The van der Waals surface area contributed by atoms with Gasteiger partial charge in [-0.1, -0.05) is 67.4 Å². The van der Waals surface area contributed by atoms with Crippen molar-refractivity contribution < 1.29 is 9.53 Å². The molecule has 0 amide bonds. The maximum atomic E-state index is 14.6. The minimum Gasteiger partial charge on any atom is -0.497 e. The molecular weight excluding hydrogens is 500 g/mol. The summed E-state index contributed by atoms with van der Waals surface area (Å²) in [7, 11) is 1.62. The summed E-state index contributed by atoms with van der Waals surface area (Å²) in [4.78, 5) is 33.4. The third kappa shape index (κ3) is 4.34. The summed E-state index contributed by atoms with van der Waals surface area (Å²) in [6.45, 7) is 0. The zero-order valence-corrected chi connectivity index (χ0v) is 22.4. The monoisotopic (exact) mass is 528 g/mol. The number of aromatic nitrogens is 2. The maximum absolute atomic E-state index is 14.6. The first-order chi connectivity index (χ1) is 18.1. The lowest BCUT2D eigenvalue weighted by Crippen LogP contribution is -2.42. The van der Waals surface area contributed by atoms with Crippen molar-refractivity contribution in [1.29, 1.82) is 0 Å². The summed E-state index contributed by atoms with van der Waals surface area (Å²) < 4.78 is 7.18. The van der Waals surface area contributed by atoms with Gasteiger partial charge in [0.1, 0.15) is 5.75 Å². The smallest absolute Gasteiger partial charge is 0.263 e. The molecule has 2 aliphatic carbocycles. The molecule has 5 nitrogen and oxygen atoms in total. The second-order valence-electron chi connectivity index (χ2n) is 9.82. The van der Waals surface area contributed by atoms with Crippen LogP contribution in [0.25, 0.3) is 16.9 Å². The van der Waals surface area contributed by atoms with Crippen LogP contribution in [0.3, 0.4) is 0 Å². The van der Waals surface area contributed by atoms with E-state index >= 15 is 0 Å². The number of fused-ring (bicyclic) bond motifs is 4. The van der Waals surface area contributed by atoms with Crippen LogP contribution in [0.2, 0.25) is 0 Å². The molecule has 1 spiro atoms. The number of methoxy groups -OCH3 is 1. The number of Topliss-reactive ketones (excluding diaryl/α,β-unsaturated/α-hetero) is 1. The molecule has 4 aromatic rings. The van der Waals surface area contributed by atoms with Crippen LogP contribution in [0, 0.1) is 0 Å². The lowest BCUT2D eigenvalue weighted by Gasteiger charge is -2.42. The number of thioether (sulfide) groups is 1. The Hall–Kier alpha value is -3.16. The number of ether oxygens (including phenoxy) is 1. The van der Waals surface area contributed by atoms with Crippen LogP contribution in [0.4, 0.5) is 0 Å². The number of hydrogen-bond donors (Lipinski definition) is 0. The number of hydrogen-bond acceptors (Lipinski definition) is 6. The minimum absolute atomic E-state index is 0.0271. The second kappa shape index (κ2) is 9.95. The van der Waals surface area contributed by atoms with E-state index in [1.54, 1.807) is 11.7 Å². The Kier molecular flexibility index (Phi) is 6.51. The average Bonchev–Trinajstić information content (AvgIpc) is 3.47. The fourth-order valence-corrected chi connectivity index (χ4v) is 7.55. The molecule has 6 rings (SSSR count). The fraction of sp³-hybridized carbons (Fsp3) is 0.300. The molecule has 2 aromatic carbocycles. The van der Waals surface area contributed by atoms with Crippen molar-refractivity contribution in [2.45, 2.75) is 49.1 Å². The average molecular weight is 529 g/mol. The first kappa shape index (κ1) is 24.2. The number of carbonyl (C=O) groups is 1. The Bertz CT molecular complexity index is 1520. The van der Waals surface area contributed by atoms with Crippen molar-refractivity contribution in [1.82, 2.24) is 9.55 Å². The molecule has 2 aromatic heterocycles. The van der Waals surface area contributed by atoms with Crippen LogP contribution in [0.1, 0.15) is 52.9 Å². The van der Waals surface area contributed by atoms with E-state index in [0.29, 0.717) is 21.5 Å². The Morgan fingerprint density at radius 1 is 1.08 bits per heavy atom. The van der Waals surface area contributed by atoms with Crippen LogP contribution in [0.15, 0.2) is 76.0 Å². The highest BCUT2D eigenvalue weighted by Crippen LogP contribution is 2.49. The Morgan fingerprint density at radius 2 is 1.92 bits per heavy atom. The van der Waals surface area contributed by atoms with Gasteiger partial charge < -0.3 is 4.74 Å². The Balaban J connectivity index is 1.56. The van der Waals surface area contributed by atoms with Crippen molar-refractivity contribution in [2.75, 3.05) is 12.9 Å². The lowest BCUT2D eigenvalue weighted by molar-refractivity contribution is 0.102. The van der Waals surface area contributed by atoms with Gasteiger partial charge in [-0.3, -0.25) is 14.2 Å². The topological polar surface area (TPSA) is 61.2 Å². The number of nitrogens with zero attached hydrogens (tertiary/aromatic N) is 2. The van der Waals surface area contributed by atoms with Gasteiger partial charge in [-0.15, -0.1) is 11.3 Å². The summed E-state index contributed by atoms with van der Waals surface area (Å²) in [5.74, 6) is 0.918. The summed E-state index contributed by atoms with van der Waals surface area (Å²) in [6.07, 6.45) is 6.29. The highest BCUT2D eigenvalue weighted by molar-refractivity contribution is 7.99. The van der Waals surface area contributed by atoms with Gasteiger partial charge in [-0.05, 0) is 48.4 Å². The van der Waals surface area contributed by atoms with Gasteiger partial charge in [-0.2, -0.15) is 0 Å². The number of rotatable bonds is 6. The van der Waals surface area contributed by atoms with Gasteiger partial charge in [-0.25, -0.2) is 4.98 Å². The van der Waals surface area contributed by atoms with Crippen molar-refractivity contribution in [3.05, 3.63) is 92.4 Å². The standard InChI is InChI=1S/C30H28N2O3S2/c1-35-22-11-7-10-21(17-22)32-28(34)26-27(31-29(32)37-19-24(33)25-13-8-16-36-25)23-12-4-3-9-20(23)18-30(26)14-5-2-6-15-30/h3-4,7-13,16-17H,2,5-6,14-15,18-19H2,1H3. The number of thiophene rings is 1. The molecule has 37 heavy (non-hydrogen) atoms. The van der Waals surface area contributed by atoms with Crippen molar-refractivity contribution >= 4 is 28.9 Å². The van der Waals surface area contributed by atoms with Crippen molar-refractivity contribution in [3.63, 3.8) is 0 Å². The van der Waals surface area contributed by atoms with E-state index in [-0.39, 0.29) is 22.5 Å². The molecule has 0 unspecified atom stereocenters. The van der Waals surface area contributed by atoms with E-state index in [1.165, 1.54) is 35.1 Å². The van der Waals surface area contributed by atoms with E-state index < -0.39 is 0 Å². The van der Waals surface area contributed by atoms with E-state index in [2.05, 4.69) is 18.2 Å². The number of ketones is 1. The molecule has 188 valence electrons. The Labute approximate surface area is 224 Å². The molecule has 0 aliphatic heterocycles. The van der Waals surface area contributed by atoms with Crippen LogP contribution < -0.4 is 10.3 Å². The quantitative estimate of drug-likeness (QED) is 0.158. The van der Waals surface area contributed by atoms with Crippen LogP contribution >= 0.6 is 23.1 Å². The summed E-state index contributed by atoms with van der Waals surface area (Å²) >= 11 is 2.76. The summed E-state index contributed by atoms with van der Waals surface area (Å²) in [6, 6.07) is 19.6. The molecule has 1 fully saturated rings. The highest BCUT2D eigenvalue weighted by atomic mass is 32.2. The van der Waals surface area contributed by atoms with E-state index in [0.717, 1.165) is 48.9 Å². The van der Waals surface area contributed by atoms with Gasteiger partial charge in [0.2, 0.25) is 0 Å². The predicted octanol–water partition coefficient (Wildman–Crippen LogP) is 6.70. The molecule has 2 heterocycles. The first-order valence-electron chi connectivity index (χ1n) is 12.7. The van der Waals surface area contributed by atoms with Gasteiger partial charge in [0, 0.05) is 17.0 Å². The highest BCUT2D eigenvalue weighted by Gasteiger charge is 2.43. The van der Waals surface area contributed by atoms with Crippen molar-refractivity contribution in [2.24, 2.45) is 0 Å². The molecule has 7 heteroatoms. The molecule has 0 radical (unpaired) electrons. The van der Waals surface area contributed by atoms with Gasteiger partial charge in [0.15, 0.2) is 10.9 Å². The van der Waals surface area contributed by atoms with E-state index in [1.807, 2.05) is 47.8 Å². The summed E-state index contributed by atoms with van der Waals surface area (Å²) in [5.41, 5.74) is 4.39. The number of benzene rings is 2. The molecule has 0 atom stereocenters. The van der Waals surface area contributed by atoms with Crippen LogP contribution in [-0.4, -0.2) is 28.2 Å². The van der Waals surface area contributed by atoms with E-state index in [9.17, 15) is 9.59 Å². The minimum atomic E-state index is -0.206. The molecular formula is C30H28N2O3S2. The molecule has 0 N–H and O–H groups in total. The Morgan fingerprint density at radius 3 is 2.70 bits per heavy atom. The molecule has 0 saturated heterocycles. The first-order valence-corrected chi connectivity index (χ1v) is 14.6. The maximum Gasteiger partial charge on any atom is 0.263 e. The van der Waals surface area contributed by atoms with Gasteiger partial charge >= 0.3 is 0 Å². The zero-order chi connectivity index (χ0) is 25.4. The third-order valence-electron chi connectivity index (χ3n) is 7.63. The largest absolute Gasteiger partial charge is 0.497 e. The molecule has 0 bridgehead atoms. The van der Waals surface area contributed by atoms with Crippen LogP contribution in [-0.2, 0) is 11.8 Å². The van der Waals surface area contributed by atoms with Crippen LogP contribution in [0.5, 0.6) is 5.75 Å². The second-order valence-corrected chi connectivity index (χ2v) is 11.7. The third-order valence-corrected chi connectivity index (χ3v) is 9.48. The lowest BCUT2D eigenvalue weighted by atomic mass is 9.62. The normalized spacial score (nSPS) is 15.7. The van der Waals surface area contributed by atoms with Gasteiger partial charge in [0.25, 0.3) is 5.56 Å². The van der Waals surface area contributed by atoms with Crippen molar-refractivity contribution in [3.8, 4) is 22.7 Å². The zero-order valence-electron chi connectivity index (χ0n) is 20.7. The van der Waals surface area contributed by atoms with E-state index in [4.69, 9.17) is 9.72 Å². The predicted molar refractivity (Wildman–Crippen MR) is 150 cm³/mol. The summed E-state index contributed by atoms with van der Waals surface area (Å²) in [5, 5.41) is 2.44. The SMILES string of the molecule is COc1cccc(-n2c(SCC(=O)c3cccs3)nc3c(c2=O)C2(CCCCC2)Cc2ccccc2-3)c1. The molecule has 1 saturated carbocycles. The van der Waals surface area contributed by atoms with Gasteiger partial charge in [0.05, 0.1) is 34.7 Å².